The minimum atomic E-state index is 0.0936. The van der Waals surface area contributed by atoms with Gasteiger partial charge in [0, 0.05) is 11.3 Å². The normalized spacial score (nSPS) is 28.6. The summed E-state index contributed by atoms with van der Waals surface area (Å²) in [7, 11) is 0. The predicted molar refractivity (Wildman–Crippen MR) is 129 cm³/mol. The second-order valence-corrected chi connectivity index (χ2v) is 10.7. The smallest absolute Gasteiger partial charge is 0.0364 e. The average Bonchev–Trinajstić information content (AvgIpc) is 3.45. The van der Waals surface area contributed by atoms with Gasteiger partial charge in [-0.2, -0.15) is 0 Å². The number of hydrogen-bond acceptors (Lipinski definition) is 0. The van der Waals surface area contributed by atoms with Gasteiger partial charge in [0.15, 0.2) is 0 Å². The van der Waals surface area contributed by atoms with Crippen LogP contribution in [-0.4, -0.2) is 0 Å². The zero-order chi connectivity index (χ0) is 20.6. The van der Waals surface area contributed by atoms with E-state index in [0.29, 0.717) is 17.8 Å². The van der Waals surface area contributed by atoms with Gasteiger partial charge in [-0.3, -0.25) is 0 Å². The zero-order valence-corrected chi connectivity index (χ0v) is 18.1. The van der Waals surface area contributed by atoms with Gasteiger partial charge in [0.2, 0.25) is 0 Å². The van der Waals surface area contributed by atoms with Gasteiger partial charge >= 0.3 is 0 Å². The van der Waals surface area contributed by atoms with Crippen LogP contribution in [0.25, 0.3) is 22.3 Å². The average molecular weight is 409 g/mol. The van der Waals surface area contributed by atoms with E-state index in [1.807, 2.05) is 0 Å². The first-order valence-corrected chi connectivity index (χ1v) is 12.4. The molecule has 0 heteroatoms. The predicted octanol–water partition coefficient (Wildman–Crippen LogP) is 7.57. The van der Waals surface area contributed by atoms with Crippen LogP contribution in [0.2, 0.25) is 0 Å². The summed E-state index contributed by atoms with van der Waals surface area (Å²) in [5.41, 5.74) is 17.6. The Kier molecular flexibility index (Phi) is 2.71. The number of fused-ring (bicyclic) bond motifs is 5. The lowest BCUT2D eigenvalue weighted by atomic mass is 9.45. The van der Waals surface area contributed by atoms with Crippen molar-refractivity contribution in [2.24, 2.45) is 5.92 Å². The fraction of sp³-hybridized carbons (Fsp3) is 0.250. The van der Waals surface area contributed by atoms with E-state index in [1.165, 1.54) is 41.5 Å². The van der Waals surface area contributed by atoms with Gasteiger partial charge in [-0.25, -0.2) is 0 Å². The Morgan fingerprint density at radius 3 is 2.28 bits per heavy atom. The molecule has 4 atom stereocenters. The molecule has 0 aromatic heterocycles. The minimum absolute atomic E-state index is 0.0936. The van der Waals surface area contributed by atoms with Gasteiger partial charge in [0.25, 0.3) is 0 Å². The van der Waals surface area contributed by atoms with Crippen molar-refractivity contribution >= 4 is 0 Å². The summed E-state index contributed by atoms with van der Waals surface area (Å²) in [5.74, 6) is 1.85. The minimum Gasteiger partial charge on any atom is -0.0619 e. The second kappa shape index (κ2) is 5.26. The Labute approximate surface area is 188 Å². The van der Waals surface area contributed by atoms with E-state index in [4.69, 9.17) is 0 Å². The first kappa shape index (κ1) is 16.5. The number of rotatable bonds is 0. The highest BCUT2D eigenvalue weighted by Gasteiger charge is 2.64. The molecule has 0 N–H and O–H groups in total. The van der Waals surface area contributed by atoms with Crippen LogP contribution in [0.4, 0.5) is 0 Å². The number of benzene rings is 4. The van der Waals surface area contributed by atoms with E-state index < -0.39 is 0 Å². The van der Waals surface area contributed by atoms with Crippen LogP contribution in [0.15, 0.2) is 78.9 Å². The molecule has 4 unspecified atom stereocenters. The van der Waals surface area contributed by atoms with E-state index in [0.717, 1.165) is 6.42 Å². The molecule has 4 aromatic rings. The number of hydrogen-bond donors (Lipinski definition) is 0. The maximum atomic E-state index is 2.49. The Morgan fingerprint density at radius 1 is 0.625 bits per heavy atom. The van der Waals surface area contributed by atoms with E-state index in [-0.39, 0.29) is 5.41 Å². The third-order valence-electron chi connectivity index (χ3n) is 9.77. The fourth-order valence-electron chi connectivity index (χ4n) is 9.05. The molecule has 0 bridgehead atoms. The van der Waals surface area contributed by atoms with E-state index >= 15 is 0 Å². The lowest BCUT2D eigenvalue weighted by Crippen LogP contribution is -2.49. The summed E-state index contributed by atoms with van der Waals surface area (Å²) in [6.07, 6.45) is 5.16. The van der Waals surface area contributed by atoms with Crippen LogP contribution in [-0.2, 0) is 11.8 Å². The maximum absolute atomic E-state index is 2.49. The molecule has 32 heavy (non-hydrogen) atoms. The van der Waals surface area contributed by atoms with Gasteiger partial charge < -0.3 is 0 Å². The molecule has 1 saturated carbocycles. The summed E-state index contributed by atoms with van der Waals surface area (Å²) in [6, 6.07) is 31.0. The van der Waals surface area contributed by atoms with Gasteiger partial charge in [-0.05, 0) is 92.3 Å². The SMILES string of the molecule is c1ccc2c(c1)-c1cccc3c1C21C2c4c(cccc4-3)Cc3cccc(c32)C2CCCC21. The lowest BCUT2D eigenvalue weighted by molar-refractivity contribution is 0.246. The summed E-state index contributed by atoms with van der Waals surface area (Å²) < 4.78 is 0. The van der Waals surface area contributed by atoms with Crippen molar-refractivity contribution in [3.8, 4) is 22.3 Å². The molecule has 0 radical (unpaired) electrons. The zero-order valence-electron chi connectivity index (χ0n) is 18.1. The van der Waals surface area contributed by atoms with Crippen LogP contribution in [0.5, 0.6) is 0 Å². The Hall–Kier alpha value is -3.12. The summed E-state index contributed by atoms with van der Waals surface area (Å²) >= 11 is 0. The van der Waals surface area contributed by atoms with Crippen LogP contribution in [0.1, 0.15) is 70.0 Å². The monoisotopic (exact) mass is 408 g/mol. The van der Waals surface area contributed by atoms with Crippen LogP contribution in [0, 0.1) is 5.92 Å². The molecule has 5 aliphatic rings. The molecule has 0 aliphatic heterocycles. The summed E-state index contributed by atoms with van der Waals surface area (Å²) in [6.45, 7) is 0. The molecule has 4 aromatic carbocycles. The summed E-state index contributed by atoms with van der Waals surface area (Å²) in [5, 5.41) is 0. The topological polar surface area (TPSA) is 0 Å². The van der Waals surface area contributed by atoms with Gasteiger partial charge in [0.1, 0.15) is 0 Å². The Balaban J connectivity index is 1.57. The summed E-state index contributed by atoms with van der Waals surface area (Å²) in [4.78, 5) is 0. The van der Waals surface area contributed by atoms with Crippen molar-refractivity contribution in [3.05, 3.63) is 118 Å². The van der Waals surface area contributed by atoms with Crippen LogP contribution < -0.4 is 0 Å². The van der Waals surface area contributed by atoms with Crippen molar-refractivity contribution in [1.82, 2.24) is 0 Å². The van der Waals surface area contributed by atoms with Crippen molar-refractivity contribution < 1.29 is 0 Å². The molecular weight excluding hydrogens is 384 g/mol. The Morgan fingerprint density at radius 2 is 1.34 bits per heavy atom. The van der Waals surface area contributed by atoms with E-state index in [2.05, 4.69) is 78.9 Å². The molecule has 0 amide bonds. The molecule has 1 spiro atoms. The highest BCUT2D eigenvalue weighted by atomic mass is 14.7. The van der Waals surface area contributed by atoms with E-state index in [9.17, 15) is 0 Å². The van der Waals surface area contributed by atoms with Crippen molar-refractivity contribution in [1.29, 1.82) is 0 Å². The van der Waals surface area contributed by atoms with Gasteiger partial charge in [-0.15, -0.1) is 0 Å². The second-order valence-electron chi connectivity index (χ2n) is 10.7. The first-order chi connectivity index (χ1) is 15.9. The van der Waals surface area contributed by atoms with Crippen LogP contribution in [0.3, 0.4) is 0 Å². The third kappa shape index (κ3) is 1.55. The largest absolute Gasteiger partial charge is 0.0619 e. The molecule has 9 rings (SSSR count). The highest BCUT2D eigenvalue weighted by Crippen LogP contribution is 2.74. The standard InChI is InChI=1S/C32H24/c1-2-15-26-21(9-1)24-13-5-14-25-23-12-4-8-19-17-18-7-3-11-22-20-10-6-16-27(20)32(26,30(24)25)31(28(18)22)29(19)23/h1-5,7-9,11-15,20,27,31H,6,10,16-17H2. The molecule has 152 valence electrons. The Bertz CT molecular complexity index is 1500. The third-order valence-corrected chi connectivity index (χ3v) is 9.77. The molecule has 0 saturated heterocycles. The fourth-order valence-corrected chi connectivity index (χ4v) is 9.05. The first-order valence-electron chi connectivity index (χ1n) is 12.4. The lowest BCUT2D eigenvalue weighted by Gasteiger charge is -2.56. The molecule has 0 heterocycles. The maximum Gasteiger partial charge on any atom is 0.0364 e. The quantitative estimate of drug-likeness (QED) is 0.281. The van der Waals surface area contributed by atoms with Crippen molar-refractivity contribution in [2.45, 2.75) is 42.9 Å². The highest BCUT2D eigenvalue weighted by molar-refractivity contribution is 5.94. The van der Waals surface area contributed by atoms with Crippen molar-refractivity contribution in [2.75, 3.05) is 0 Å². The van der Waals surface area contributed by atoms with Gasteiger partial charge in [0.05, 0.1) is 0 Å². The molecule has 5 aliphatic carbocycles. The van der Waals surface area contributed by atoms with Crippen molar-refractivity contribution in [3.63, 3.8) is 0 Å². The van der Waals surface area contributed by atoms with E-state index in [1.54, 1.807) is 38.9 Å². The van der Waals surface area contributed by atoms with Gasteiger partial charge in [-0.1, -0.05) is 85.3 Å². The molecular formula is C32H24. The molecule has 1 fully saturated rings. The molecule has 0 nitrogen and oxygen atoms in total. The van der Waals surface area contributed by atoms with Crippen LogP contribution >= 0.6 is 0 Å².